The molecule has 0 unspecified atom stereocenters. The molecular weight excluding hydrogens is 240 g/mol. The summed E-state index contributed by atoms with van der Waals surface area (Å²) < 4.78 is 0. The number of H-pyrrole nitrogens is 1. The lowest BCUT2D eigenvalue weighted by atomic mass is 9.96. The Labute approximate surface area is 114 Å². The number of piperidine rings is 1. The predicted molar refractivity (Wildman–Crippen MR) is 77.5 cm³/mol. The zero-order chi connectivity index (χ0) is 13.7. The van der Waals surface area contributed by atoms with Crippen molar-refractivity contribution in [2.45, 2.75) is 26.7 Å². The molecule has 0 aromatic carbocycles. The van der Waals surface area contributed by atoms with Gasteiger partial charge >= 0.3 is 0 Å². The zero-order valence-corrected chi connectivity index (χ0v) is 11.9. The monoisotopic (exact) mass is 264 g/mol. The molecule has 1 aliphatic heterocycles. The van der Waals surface area contributed by atoms with Crippen molar-refractivity contribution in [2.24, 2.45) is 11.8 Å². The van der Waals surface area contributed by atoms with E-state index in [1.54, 1.807) is 6.07 Å². The molecule has 1 fully saturated rings. The number of nitrogens with zero attached hydrogens (tertiary/aromatic N) is 2. The van der Waals surface area contributed by atoms with Gasteiger partial charge in [-0.3, -0.25) is 4.79 Å². The van der Waals surface area contributed by atoms with E-state index in [1.165, 1.54) is 19.2 Å². The molecule has 0 bridgehead atoms. The zero-order valence-electron chi connectivity index (χ0n) is 11.9. The van der Waals surface area contributed by atoms with Gasteiger partial charge in [-0.15, -0.1) is 0 Å². The minimum Gasteiger partial charge on any atom is -0.356 e. The first-order valence-corrected chi connectivity index (χ1v) is 7.15. The van der Waals surface area contributed by atoms with Crippen molar-refractivity contribution in [3.63, 3.8) is 0 Å². The predicted octanol–water partition coefficient (Wildman–Crippen LogP) is 1.23. The van der Waals surface area contributed by atoms with Crippen LogP contribution in [0.3, 0.4) is 0 Å². The summed E-state index contributed by atoms with van der Waals surface area (Å²) in [6.45, 7) is 8.64. The van der Waals surface area contributed by atoms with Crippen LogP contribution in [0.4, 0.5) is 5.82 Å². The molecule has 0 atom stereocenters. The van der Waals surface area contributed by atoms with Crippen LogP contribution < -0.4 is 15.8 Å². The van der Waals surface area contributed by atoms with E-state index in [-0.39, 0.29) is 5.56 Å². The van der Waals surface area contributed by atoms with Gasteiger partial charge in [0.2, 0.25) is 0 Å². The summed E-state index contributed by atoms with van der Waals surface area (Å²) in [6.07, 6.45) is 3.81. The van der Waals surface area contributed by atoms with Gasteiger partial charge in [0.25, 0.3) is 5.56 Å². The summed E-state index contributed by atoms with van der Waals surface area (Å²) in [4.78, 5) is 20.3. The van der Waals surface area contributed by atoms with Crippen LogP contribution in [-0.2, 0) is 0 Å². The van der Waals surface area contributed by atoms with Crippen LogP contribution >= 0.6 is 0 Å². The van der Waals surface area contributed by atoms with E-state index in [2.05, 4.69) is 34.0 Å². The Morgan fingerprint density at radius 2 is 2.21 bits per heavy atom. The summed E-state index contributed by atoms with van der Waals surface area (Å²) in [5, 5.41) is 3.53. The van der Waals surface area contributed by atoms with Crippen molar-refractivity contribution in [1.29, 1.82) is 0 Å². The van der Waals surface area contributed by atoms with Crippen molar-refractivity contribution < 1.29 is 0 Å². The minimum absolute atomic E-state index is 0.0780. The summed E-state index contributed by atoms with van der Waals surface area (Å²) in [7, 11) is 0. The van der Waals surface area contributed by atoms with Crippen LogP contribution in [0.2, 0.25) is 0 Å². The molecule has 5 heteroatoms. The number of hydrogen-bond acceptors (Lipinski definition) is 4. The fraction of sp³-hybridized carbons (Fsp3) is 0.714. The lowest BCUT2D eigenvalue weighted by Gasteiger charge is -2.32. The third kappa shape index (κ3) is 4.35. The van der Waals surface area contributed by atoms with Gasteiger partial charge in [-0.05, 0) is 37.8 Å². The number of rotatable bonds is 5. The molecule has 2 N–H and O–H groups in total. The molecule has 19 heavy (non-hydrogen) atoms. The third-order valence-electron chi connectivity index (χ3n) is 3.59. The molecule has 1 aliphatic rings. The fourth-order valence-electron chi connectivity index (χ4n) is 2.47. The first-order chi connectivity index (χ1) is 9.15. The highest BCUT2D eigenvalue weighted by Crippen LogP contribution is 2.20. The number of aromatic nitrogens is 2. The normalized spacial score (nSPS) is 17.1. The molecule has 1 saturated heterocycles. The van der Waals surface area contributed by atoms with Crippen molar-refractivity contribution in [2.75, 3.05) is 31.1 Å². The average molecular weight is 264 g/mol. The molecule has 1 aromatic heterocycles. The Balaban J connectivity index is 1.78. The molecular formula is C14H24N4O. The fourth-order valence-corrected chi connectivity index (χ4v) is 2.47. The van der Waals surface area contributed by atoms with Gasteiger partial charge in [-0.1, -0.05) is 13.8 Å². The average Bonchev–Trinajstić information content (AvgIpc) is 2.39. The van der Waals surface area contributed by atoms with Crippen LogP contribution in [0.15, 0.2) is 17.2 Å². The van der Waals surface area contributed by atoms with Crippen molar-refractivity contribution in [3.8, 4) is 0 Å². The Morgan fingerprint density at radius 3 is 2.84 bits per heavy atom. The van der Waals surface area contributed by atoms with E-state index in [4.69, 9.17) is 0 Å². The quantitative estimate of drug-likeness (QED) is 0.840. The highest BCUT2D eigenvalue weighted by atomic mass is 16.1. The van der Waals surface area contributed by atoms with E-state index in [1.807, 2.05) is 0 Å². The Hall–Kier alpha value is -1.36. The van der Waals surface area contributed by atoms with E-state index < -0.39 is 0 Å². The summed E-state index contributed by atoms with van der Waals surface area (Å²) in [5.41, 5.74) is -0.0780. The van der Waals surface area contributed by atoms with E-state index in [9.17, 15) is 4.79 Å². The van der Waals surface area contributed by atoms with Gasteiger partial charge in [-0.2, -0.15) is 0 Å². The van der Waals surface area contributed by atoms with Gasteiger partial charge in [0.15, 0.2) is 0 Å². The summed E-state index contributed by atoms with van der Waals surface area (Å²) in [6, 6.07) is 1.58. The maximum Gasteiger partial charge on any atom is 0.252 e. The highest BCUT2D eigenvalue weighted by molar-refractivity contribution is 5.36. The van der Waals surface area contributed by atoms with Crippen LogP contribution in [-0.4, -0.2) is 36.1 Å². The van der Waals surface area contributed by atoms with Crippen LogP contribution in [0, 0.1) is 11.8 Å². The maximum absolute atomic E-state index is 11.3. The molecule has 0 amide bonds. The standard InChI is InChI=1S/C14H24N4O/c1-11(2)8-15-9-12-3-5-18(6-4-12)13-7-14(19)17-10-16-13/h7,10-12,15H,3-6,8-9H2,1-2H3,(H,16,17,19). The molecule has 2 rings (SSSR count). The van der Waals surface area contributed by atoms with E-state index in [0.29, 0.717) is 5.92 Å². The second kappa shape index (κ2) is 6.70. The van der Waals surface area contributed by atoms with E-state index >= 15 is 0 Å². The smallest absolute Gasteiger partial charge is 0.252 e. The van der Waals surface area contributed by atoms with Gasteiger partial charge in [0, 0.05) is 19.2 Å². The third-order valence-corrected chi connectivity index (χ3v) is 3.59. The minimum atomic E-state index is -0.0780. The molecule has 0 spiro atoms. The number of anilines is 1. The molecule has 1 aromatic rings. The number of hydrogen-bond donors (Lipinski definition) is 2. The second-order valence-corrected chi connectivity index (χ2v) is 5.75. The molecule has 106 valence electrons. The summed E-state index contributed by atoms with van der Waals surface area (Å²) in [5.74, 6) is 2.26. The lowest BCUT2D eigenvalue weighted by Crippen LogP contribution is -2.38. The molecule has 5 nitrogen and oxygen atoms in total. The largest absolute Gasteiger partial charge is 0.356 e. The van der Waals surface area contributed by atoms with Gasteiger partial charge in [0.05, 0.1) is 6.33 Å². The van der Waals surface area contributed by atoms with Crippen LogP contribution in [0.1, 0.15) is 26.7 Å². The second-order valence-electron chi connectivity index (χ2n) is 5.75. The Bertz CT molecular complexity index is 435. The molecule has 0 radical (unpaired) electrons. The molecule has 0 aliphatic carbocycles. The number of nitrogens with one attached hydrogen (secondary N) is 2. The van der Waals surface area contributed by atoms with Crippen molar-refractivity contribution >= 4 is 5.82 Å². The first-order valence-electron chi connectivity index (χ1n) is 7.15. The van der Waals surface area contributed by atoms with Gasteiger partial charge in [-0.25, -0.2) is 4.98 Å². The van der Waals surface area contributed by atoms with E-state index in [0.717, 1.165) is 37.9 Å². The lowest BCUT2D eigenvalue weighted by molar-refractivity contribution is 0.373. The molecule has 2 heterocycles. The SMILES string of the molecule is CC(C)CNCC1CCN(c2cc(=O)[nH]cn2)CC1. The topological polar surface area (TPSA) is 61.0 Å². The maximum atomic E-state index is 11.3. The molecule has 0 saturated carbocycles. The van der Waals surface area contributed by atoms with Gasteiger partial charge in [0.1, 0.15) is 5.82 Å². The summed E-state index contributed by atoms with van der Waals surface area (Å²) >= 11 is 0. The first kappa shape index (κ1) is 14.1. The van der Waals surface area contributed by atoms with Crippen LogP contribution in [0.5, 0.6) is 0 Å². The Kier molecular flexibility index (Phi) is 4.96. The van der Waals surface area contributed by atoms with Crippen LogP contribution in [0.25, 0.3) is 0 Å². The van der Waals surface area contributed by atoms with Crippen molar-refractivity contribution in [1.82, 2.24) is 15.3 Å². The highest BCUT2D eigenvalue weighted by Gasteiger charge is 2.19. The Morgan fingerprint density at radius 1 is 1.47 bits per heavy atom. The number of aromatic amines is 1. The van der Waals surface area contributed by atoms with Gasteiger partial charge < -0.3 is 15.2 Å². The van der Waals surface area contributed by atoms with Crippen molar-refractivity contribution in [3.05, 3.63) is 22.7 Å².